The highest BCUT2D eigenvalue weighted by Gasteiger charge is 2.72. The van der Waals surface area contributed by atoms with E-state index in [1.807, 2.05) is 0 Å². The zero-order chi connectivity index (χ0) is 29.9. The molecule has 4 aliphatic rings. The van der Waals surface area contributed by atoms with Gasteiger partial charge in [0.1, 0.15) is 41.8 Å². The molecule has 7 N–H and O–H groups in total. The maximum absolute atomic E-state index is 12.4. The zero-order valence-electron chi connectivity index (χ0n) is 22.4. The number of rotatable bonds is 1. The molecule has 43 heavy (non-hydrogen) atoms. The number of hydrogen-bond donors (Lipinski definition) is 7. The van der Waals surface area contributed by atoms with Gasteiger partial charge in [0.25, 0.3) is 0 Å². The van der Waals surface area contributed by atoms with E-state index in [2.05, 4.69) is 0 Å². The molecule has 220 valence electrons. The second-order valence-electron chi connectivity index (χ2n) is 11.6. The number of benzene rings is 4. The van der Waals surface area contributed by atoms with Gasteiger partial charge in [-0.25, -0.2) is 0 Å². The Morgan fingerprint density at radius 1 is 0.581 bits per heavy atom. The molecule has 1 aliphatic carbocycles. The van der Waals surface area contributed by atoms with Gasteiger partial charge < -0.3 is 54.7 Å². The Bertz CT molecular complexity index is 1850. The first-order chi connectivity index (χ1) is 20.5. The molecule has 3 aliphatic heterocycles. The summed E-state index contributed by atoms with van der Waals surface area (Å²) in [6.45, 7) is -0.395. The van der Waals surface area contributed by atoms with Crippen molar-refractivity contribution >= 4 is 0 Å². The first kappa shape index (κ1) is 25.8. The van der Waals surface area contributed by atoms with Crippen LogP contribution in [0.25, 0.3) is 11.1 Å². The van der Waals surface area contributed by atoms with E-state index in [9.17, 15) is 35.7 Å². The van der Waals surface area contributed by atoms with Crippen molar-refractivity contribution in [1.82, 2.24) is 0 Å². The number of phenolic OH excluding ortho intramolecular Hbond substituents is 6. The van der Waals surface area contributed by atoms with Crippen molar-refractivity contribution in [3.63, 3.8) is 0 Å². The lowest BCUT2D eigenvalue weighted by molar-refractivity contribution is -0.218. The van der Waals surface area contributed by atoms with Crippen LogP contribution in [0.1, 0.15) is 22.3 Å². The summed E-state index contributed by atoms with van der Waals surface area (Å²) in [7, 11) is 0. The topological polar surface area (TPSA) is 179 Å². The minimum atomic E-state index is -1.90. The lowest BCUT2D eigenvalue weighted by Gasteiger charge is -2.42. The van der Waals surface area contributed by atoms with Gasteiger partial charge in [-0.15, -0.1) is 0 Å². The van der Waals surface area contributed by atoms with E-state index >= 15 is 0 Å². The predicted molar refractivity (Wildman–Crippen MR) is 148 cm³/mol. The Labute approximate surface area is 244 Å². The molecule has 4 aromatic carbocycles. The molecule has 0 spiro atoms. The van der Waals surface area contributed by atoms with E-state index in [4.69, 9.17) is 18.9 Å². The second-order valence-corrected chi connectivity index (χ2v) is 11.6. The number of phenols is 6. The summed E-state index contributed by atoms with van der Waals surface area (Å²) in [6.07, 6.45) is -1.29. The van der Waals surface area contributed by atoms with E-state index in [1.165, 1.54) is 48.5 Å². The molecular weight excluding hydrogens is 560 g/mol. The zero-order valence-corrected chi connectivity index (χ0v) is 22.4. The third-order valence-corrected chi connectivity index (χ3v) is 8.99. The summed E-state index contributed by atoms with van der Waals surface area (Å²) in [6, 6.07) is 14.6. The van der Waals surface area contributed by atoms with Crippen LogP contribution >= 0.6 is 0 Å². The minimum Gasteiger partial charge on any atom is -0.508 e. The molecule has 0 unspecified atom stereocenters. The maximum Gasteiger partial charge on any atom is 0.192 e. The van der Waals surface area contributed by atoms with Gasteiger partial charge in [-0.2, -0.15) is 0 Å². The van der Waals surface area contributed by atoms with Gasteiger partial charge in [0.15, 0.2) is 40.5 Å². The van der Waals surface area contributed by atoms with Crippen molar-refractivity contribution in [2.75, 3.05) is 13.2 Å². The third kappa shape index (κ3) is 3.40. The molecule has 11 nitrogen and oxygen atoms in total. The Morgan fingerprint density at radius 2 is 1.23 bits per heavy atom. The smallest absolute Gasteiger partial charge is 0.192 e. The first-order valence-corrected chi connectivity index (χ1v) is 13.6. The van der Waals surface area contributed by atoms with E-state index in [1.54, 1.807) is 12.1 Å². The number of fused-ring (bicyclic) bond motifs is 5. The molecule has 0 saturated carbocycles. The van der Waals surface area contributed by atoms with E-state index in [-0.39, 0.29) is 66.3 Å². The van der Waals surface area contributed by atoms with Crippen molar-refractivity contribution in [2.24, 2.45) is 0 Å². The Morgan fingerprint density at radius 3 is 2.02 bits per heavy atom. The highest BCUT2D eigenvalue weighted by molar-refractivity contribution is 5.77. The van der Waals surface area contributed by atoms with Crippen LogP contribution in [0.15, 0.2) is 60.7 Å². The molecule has 1 saturated heterocycles. The van der Waals surface area contributed by atoms with Crippen molar-refractivity contribution < 1.29 is 54.7 Å². The van der Waals surface area contributed by atoms with Crippen molar-refractivity contribution in [3.8, 4) is 57.1 Å². The van der Waals surface area contributed by atoms with E-state index in [0.717, 1.165) is 0 Å². The fourth-order valence-electron chi connectivity index (χ4n) is 7.04. The lowest BCUT2D eigenvalue weighted by atomic mass is 9.76. The summed E-state index contributed by atoms with van der Waals surface area (Å²) < 4.78 is 25.6. The summed E-state index contributed by atoms with van der Waals surface area (Å²) in [5.41, 5.74) is -1.46. The number of aliphatic hydroxyl groups is 1. The largest absolute Gasteiger partial charge is 0.508 e. The molecule has 0 radical (unpaired) electrons. The van der Waals surface area contributed by atoms with Gasteiger partial charge in [-0.1, -0.05) is 0 Å². The molecule has 3 heterocycles. The fraction of sp³-hybridized carbons (Fsp3) is 0.250. The normalized spacial score (nSPS) is 28.1. The maximum atomic E-state index is 12.4. The molecular formula is C32H26O11. The highest BCUT2D eigenvalue weighted by Crippen LogP contribution is 2.64. The monoisotopic (exact) mass is 586 g/mol. The van der Waals surface area contributed by atoms with Crippen LogP contribution in [0.2, 0.25) is 0 Å². The lowest BCUT2D eigenvalue weighted by Crippen LogP contribution is -2.54. The van der Waals surface area contributed by atoms with Crippen LogP contribution in [0.5, 0.6) is 46.0 Å². The van der Waals surface area contributed by atoms with Crippen molar-refractivity contribution in [2.45, 2.75) is 35.9 Å². The quantitative estimate of drug-likeness (QED) is 0.163. The standard InChI is InChI=1S/C32H26O11/c33-17-1-3-19-20-9-25(37)23(35)5-15(20)11-30(39,13-40-27(19)7-17)29-42-31-12-16-6-24(36)26(38)10-22(16)32(31,43-29)21-4-2-18(34)8-28(21)41-14-31/h1-10,29,33-39H,11-14H2/t29-,30+,31+,32+/m0/s1. The minimum absolute atomic E-state index is 0.0291. The van der Waals surface area contributed by atoms with Crippen molar-refractivity contribution in [3.05, 3.63) is 82.9 Å². The van der Waals surface area contributed by atoms with Gasteiger partial charge in [0.05, 0.1) is 0 Å². The predicted octanol–water partition coefficient (Wildman–Crippen LogP) is 3.26. The Balaban J connectivity index is 1.29. The summed E-state index contributed by atoms with van der Waals surface area (Å²) in [5, 5.41) is 74.3. The SMILES string of the molecule is Oc1ccc2c(c1)OC[C@@](O)([C@H]1O[C@]34COc5cc(O)ccc5[C@@]3(O1)c1cc(O)c(O)cc1C4)Cc1cc(O)c(O)cc1-2. The third-order valence-electron chi connectivity index (χ3n) is 8.99. The molecule has 1 fully saturated rings. The molecule has 0 bridgehead atoms. The molecule has 4 atom stereocenters. The Hall–Kier alpha value is -4.84. The van der Waals surface area contributed by atoms with Gasteiger partial charge in [-0.3, -0.25) is 0 Å². The second kappa shape index (κ2) is 8.38. The fourth-order valence-corrected chi connectivity index (χ4v) is 7.04. The first-order valence-electron chi connectivity index (χ1n) is 13.6. The average molecular weight is 587 g/mol. The Kier molecular flexibility index (Phi) is 5.03. The van der Waals surface area contributed by atoms with Gasteiger partial charge in [0.2, 0.25) is 0 Å². The van der Waals surface area contributed by atoms with Crippen LogP contribution in [0.3, 0.4) is 0 Å². The summed E-state index contributed by atoms with van der Waals surface area (Å²) in [4.78, 5) is 0. The van der Waals surface area contributed by atoms with Crippen LogP contribution in [-0.2, 0) is 27.9 Å². The number of ether oxygens (including phenoxy) is 4. The van der Waals surface area contributed by atoms with Gasteiger partial charge in [-0.05, 0) is 70.8 Å². The van der Waals surface area contributed by atoms with Gasteiger partial charge >= 0.3 is 0 Å². The molecule has 0 aromatic heterocycles. The van der Waals surface area contributed by atoms with Gasteiger partial charge in [0, 0.05) is 36.1 Å². The summed E-state index contributed by atoms with van der Waals surface area (Å²) >= 11 is 0. The molecule has 11 heteroatoms. The van der Waals surface area contributed by atoms with Crippen molar-refractivity contribution in [1.29, 1.82) is 0 Å². The number of hydrogen-bond acceptors (Lipinski definition) is 11. The van der Waals surface area contributed by atoms with E-state index in [0.29, 0.717) is 39.1 Å². The van der Waals surface area contributed by atoms with Crippen LogP contribution in [0, 0.1) is 0 Å². The van der Waals surface area contributed by atoms with Crippen LogP contribution < -0.4 is 9.47 Å². The average Bonchev–Trinajstić information content (AvgIpc) is 3.44. The highest BCUT2D eigenvalue weighted by atomic mass is 16.8. The number of aromatic hydroxyl groups is 6. The van der Waals surface area contributed by atoms with E-state index < -0.39 is 23.1 Å². The molecule has 4 aromatic rings. The van der Waals surface area contributed by atoms with Crippen LogP contribution in [-0.4, -0.2) is 66.5 Å². The molecule has 8 rings (SSSR count). The molecule has 0 amide bonds. The summed E-state index contributed by atoms with van der Waals surface area (Å²) in [5.74, 6) is -0.968. The van der Waals surface area contributed by atoms with Crippen LogP contribution in [0.4, 0.5) is 0 Å².